The molecule has 2 rings (SSSR count). The lowest BCUT2D eigenvalue weighted by Crippen LogP contribution is -2.54. The molecular weight excluding hydrogens is 308 g/mol. The van der Waals surface area contributed by atoms with Crippen molar-refractivity contribution in [3.63, 3.8) is 0 Å². The molecule has 0 spiro atoms. The fourth-order valence-electron chi connectivity index (χ4n) is 3.72. The first-order chi connectivity index (χ1) is 11.0. The average Bonchev–Trinajstić information content (AvgIpc) is 2.55. The van der Waals surface area contributed by atoms with E-state index in [2.05, 4.69) is 12.1 Å². The van der Waals surface area contributed by atoms with E-state index in [-0.39, 0.29) is 5.92 Å². The van der Waals surface area contributed by atoms with Crippen molar-refractivity contribution in [2.45, 2.75) is 62.7 Å². The Kier molecular flexibility index (Phi) is 6.55. The van der Waals surface area contributed by atoms with E-state index in [4.69, 9.17) is 25.2 Å². The van der Waals surface area contributed by atoms with Crippen molar-refractivity contribution in [1.82, 2.24) is 0 Å². The molecule has 2 radical (unpaired) electrons. The largest absolute Gasteiger partial charge is 0.480 e. The van der Waals surface area contributed by atoms with Gasteiger partial charge >= 0.3 is 5.97 Å². The number of hydrogen-bond donors (Lipinski definition) is 2. The summed E-state index contributed by atoms with van der Waals surface area (Å²) in [6.45, 7) is 0. The van der Waals surface area contributed by atoms with Gasteiger partial charge in [0.25, 0.3) is 0 Å². The molecule has 1 aromatic rings. The van der Waals surface area contributed by atoms with Crippen molar-refractivity contribution in [2.75, 3.05) is 0 Å². The highest BCUT2D eigenvalue weighted by Crippen LogP contribution is 2.41. The first-order valence-corrected chi connectivity index (χ1v) is 8.83. The molecule has 1 saturated carbocycles. The molecule has 0 amide bonds. The molecule has 0 aromatic heterocycles. The molecule has 23 heavy (non-hydrogen) atoms. The number of carboxylic acid groups (broad SMARTS) is 1. The lowest BCUT2D eigenvalue weighted by atomic mass is 9.69. The predicted octanol–water partition coefficient (Wildman–Crippen LogP) is 4.15. The number of hydrogen-bond acceptors (Lipinski definition) is 2. The molecule has 5 heteroatoms. The first-order valence-electron chi connectivity index (χ1n) is 8.45. The van der Waals surface area contributed by atoms with Gasteiger partial charge in [0.1, 0.15) is 5.54 Å². The summed E-state index contributed by atoms with van der Waals surface area (Å²) in [5.41, 5.74) is 6.48. The summed E-state index contributed by atoms with van der Waals surface area (Å²) >= 11 is 5.94. The van der Waals surface area contributed by atoms with E-state index in [1.165, 1.54) is 5.56 Å². The Bertz CT molecular complexity index is 514. The third kappa shape index (κ3) is 4.51. The second-order valence-corrected chi connectivity index (χ2v) is 7.13. The molecule has 0 aliphatic heterocycles. The maximum atomic E-state index is 11.7. The quantitative estimate of drug-likeness (QED) is 0.582. The second kappa shape index (κ2) is 8.21. The van der Waals surface area contributed by atoms with Crippen LogP contribution in [0, 0.1) is 5.92 Å². The number of aliphatic carboxylic acids is 1. The summed E-state index contributed by atoms with van der Waals surface area (Å²) in [7, 11) is 5.51. The Labute approximate surface area is 145 Å². The summed E-state index contributed by atoms with van der Waals surface area (Å²) in [5, 5.41) is 10.4. The average molecular weight is 334 g/mol. The van der Waals surface area contributed by atoms with Gasteiger partial charge in [-0.3, -0.25) is 4.79 Å². The summed E-state index contributed by atoms with van der Waals surface area (Å²) in [5.74, 6) is -0.351. The highest BCUT2D eigenvalue weighted by molar-refractivity contribution is 6.30. The molecule has 124 valence electrons. The molecule has 1 aliphatic carbocycles. The standard InChI is InChI=1S/C18H25BClNO2/c19-12-2-1-11-18(21,17(22)23)15-7-3-13(4-8-15)14-5-9-16(20)10-6-14/h5-6,9-10,13,15H,1-4,7-8,11-12,21H2,(H,22,23). The minimum Gasteiger partial charge on any atom is -0.480 e. The van der Waals surface area contributed by atoms with Crippen LogP contribution in [-0.4, -0.2) is 24.5 Å². The van der Waals surface area contributed by atoms with Crippen molar-refractivity contribution < 1.29 is 9.90 Å². The smallest absolute Gasteiger partial charge is 0.323 e. The monoisotopic (exact) mass is 333 g/mol. The zero-order chi connectivity index (χ0) is 16.9. The lowest BCUT2D eigenvalue weighted by Gasteiger charge is -2.38. The summed E-state index contributed by atoms with van der Waals surface area (Å²) in [6, 6.07) is 7.98. The van der Waals surface area contributed by atoms with Crippen molar-refractivity contribution in [3.8, 4) is 0 Å². The maximum Gasteiger partial charge on any atom is 0.323 e. The fraction of sp³-hybridized carbons (Fsp3) is 0.611. The van der Waals surface area contributed by atoms with Crippen LogP contribution in [0.1, 0.15) is 56.4 Å². The van der Waals surface area contributed by atoms with Crippen LogP contribution in [0.2, 0.25) is 11.3 Å². The van der Waals surface area contributed by atoms with Crippen LogP contribution in [0.4, 0.5) is 0 Å². The molecule has 3 N–H and O–H groups in total. The predicted molar refractivity (Wildman–Crippen MR) is 95.1 cm³/mol. The van der Waals surface area contributed by atoms with E-state index < -0.39 is 11.5 Å². The number of halogens is 1. The van der Waals surface area contributed by atoms with E-state index in [0.29, 0.717) is 18.7 Å². The lowest BCUT2D eigenvalue weighted by molar-refractivity contribution is -0.146. The number of benzene rings is 1. The summed E-state index contributed by atoms with van der Waals surface area (Å²) < 4.78 is 0. The van der Waals surface area contributed by atoms with E-state index in [0.717, 1.165) is 43.5 Å². The van der Waals surface area contributed by atoms with Crippen molar-refractivity contribution in [2.24, 2.45) is 11.7 Å². The number of rotatable bonds is 7. The molecule has 1 aromatic carbocycles. The highest BCUT2D eigenvalue weighted by Gasteiger charge is 2.43. The van der Waals surface area contributed by atoms with Gasteiger partial charge in [-0.25, -0.2) is 0 Å². The Morgan fingerprint density at radius 2 is 1.83 bits per heavy atom. The SMILES string of the molecule is [B]CCCCC(N)(C(=O)O)C1CCC(c2ccc(Cl)cc2)CC1. The number of nitrogens with two attached hydrogens (primary N) is 1. The van der Waals surface area contributed by atoms with E-state index >= 15 is 0 Å². The number of carboxylic acids is 1. The third-order valence-corrected chi connectivity index (χ3v) is 5.49. The molecule has 1 fully saturated rings. The van der Waals surface area contributed by atoms with Crippen LogP contribution >= 0.6 is 11.6 Å². The molecule has 3 nitrogen and oxygen atoms in total. The fourth-order valence-corrected chi connectivity index (χ4v) is 3.85. The summed E-state index contributed by atoms with van der Waals surface area (Å²) in [6.07, 6.45) is 6.37. The maximum absolute atomic E-state index is 11.7. The number of carbonyl (C=O) groups is 1. The Balaban J connectivity index is 1.97. The van der Waals surface area contributed by atoms with Gasteiger partial charge in [-0.1, -0.05) is 42.9 Å². The topological polar surface area (TPSA) is 63.3 Å². The van der Waals surface area contributed by atoms with Crippen LogP contribution in [0.15, 0.2) is 24.3 Å². The first kappa shape index (κ1) is 18.3. The Morgan fingerprint density at radius 3 is 2.35 bits per heavy atom. The van der Waals surface area contributed by atoms with Gasteiger partial charge in [-0.05, 0) is 61.6 Å². The summed E-state index contributed by atoms with van der Waals surface area (Å²) in [4.78, 5) is 11.7. The molecular formula is C18H25BClNO2. The highest BCUT2D eigenvalue weighted by atomic mass is 35.5. The zero-order valence-corrected chi connectivity index (χ0v) is 14.3. The molecule has 0 heterocycles. The van der Waals surface area contributed by atoms with Crippen LogP contribution in [0.3, 0.4) is 0 Å². The van der Waals surface area contributed by atoms with Crippen molar-refractivity contribution in [3.05, 3.63) is 34.9 Å². The van der Waals surface area contributed by atoms with Gasteiger partial charge in [-0.15, -0.1) is 0 Å². The van der Waals surface area contributed by atoms with E-state index in [1.54, 1.807) is 0 Å². The molecule has 1 atom stereocenters. The number of unbranched alkanes of at least 4 members (excludes halogenated alkanes) is 1. The van der Waals surface area contributed by atoms with Gasteiger partial charge in [0.05, 0.1) is 7.85 Å². The van der Waals surface area contributed by atoms with E-state index in [9.17, 15) is 9.90 Å². The van der Waals surface area contributed by atoms with Gasteiger partial charge in [0.2, 0.25) is 0 Å². The van der Waals surface area contributed by atoms with Crippen molar-refractivity contribution in [1.29, 1.82) is 0 Å². The molecule has 1 aliphatic rings. The molecule has 1 unspecified atom stereocenters. The van der Waals surface area contributed by atoms with E-state index in [1.807, 2.05) is 12.1 Å². The van der Waals surface area contributed by atoms with Gasteiger partial charge < -0.3 is 10.8 Å². The minimum absolute atomic E-state index is 0.0429. The van der Waals surface area contributed by atoms with Gasteiger partial charge in [0.15, 0.2) is 0 Å². The Hall–Kier alpha value is -0.995. The van der Waals surface area contributed by atoms with Crippen LogP contribution in [-0.2, 0) is 4.79 Å². The van der Waals surface area contributed by atoms with Gasteiger partial charge in [0, 0.05) is 5.02 Å². The zero-order valence-electron chi connectivity index (χ0n) is 13.5. The molecule has 0 saturated heterocycles. The normalized spacial score (nSPS) is 24.1. The van der Waals surface area contributed by atoms with Crippen LogP contribution < -0.4 is 5.73 Å². The van der Waals surface area contributed by atoms with Crippen LogP contribution in [0.25, 0.3) is 0 Å². The minimum atomic E-state index is -1.11. The third-order valence-electron chi connectivity index (χ3n) is 5.24. The van der Waals surface area contributed by atoms with Crippen LogP contribution in [0.5, 0.6) is 0 Å². The molecule has 0 bridgehead atoms. The van der Waals surface area contributed by atoms with Gasteiger partial charge in [-0.2, -0.15) is 0 Å². The Morgan fingerprint density at radius 1 is 1.22 bits per heavy atom. The second-order valence-electron chi connectivity index (χ2n) is 6.69. The van der Waals surface area contributed by atoms with Crippen molar-refractivity contribution >= 4 is 25.4 Å².